The summed E-state index contributed by atoms with van der Waals surface area (Å²) < 4.78 is 11.1. The third-order valence-corrected chi connectivity index (χ3v) is 3.14. The van der Waals surface area contributed by atoms with Crippen molar-refractivity contribution >= 4 is 24.2 Å². The molecular formula is C10H11N2O2P. The molecule has 2 aromatic rings. The van der Waals surface area contributed by atoms with Crippen molar-refractivity contribution in [3.8, 4) is 0 Å². The van der Waals surface area contributed by atoms with Crippen molar-refractivity contribution in [2.45, 2.75) is 6.42 Å². The Bertz CT molecular complexity index is 507. The van der Waals surface area contributed by atoms with Crippen LogP contribution in [0.15, 0.2) is 24.4 Å². The minimum Gasteiger partial charge on any atom is -0.591 e. The third kappa shape index (κ3) is 1.79. The lowest BCUT2D eigenvalue weighted by Gasteiger charge is -1.97. The SMILES string of the molecule is NCCc1c[nH]c2cccc([P+](=O)[O-])c12. The summed E-state index contributed by atoms with van der Waals surface area (Å²) in [6, 6.07) is 5.20. The molecule has 1 heterocycles. The predicted molar refractivity (Wildman–Crippen MR) is 58.3 cm³/mol. The number of nitrogens with two attached hydrogens (primary N) is 1. The molecule has 0 amide bonds. The molecule has 0 spiro atoms. The van der Waals surface area contributed by atoms with Crippen molar-refractivity contribution in [1.82, 2.24) is 4.98 Å². The van der Waals surface area contributed by atoms with E-state index in [2.05, 4.69) is 4.98 Å². The molecule has 2 rings (SSSR count). The van der Waals surface area contributed by atoms with E-state index in [1.54, 1.807) is 12.1 Å². The van der Waals surface area contributed by atoms with E-state index in [0.717, 1.165) is 16.5 Å². The fraction of sp³-hybridized carbons (Fsp3) is 0.200. The van der Waals surface area contributed by atoms with Crippen LogP contribution in [0.4, 0.5) is 0 Å². The maximum absolute atomic E-state index is 11.1. The number of benzene rings is 1. The zero-order valence-corrected chi connectivity index (χ0v) is 8.96. The van der Waals surface area contributed by atoms with Gasteiger partial charge in [-0.3, -0.25) is 0 Å². The molecule has 0 aliphatic rings. The largest absolute Gasteiger partial charge is 0.591 e. The molecule has 3 N–H and O–H groups in total. The predicted octanol–water partition coefficient (Wildman–Crippen LogP) is 0.397. The molecule has 1 unspecified atom stereocenters. The number of aromatic amines is 1. The van der Waals surface area contributed by atoms with Crippen LogP contribution in [-0.2, 0) is 11.0 Å². The van der Waals surface area contributed by atoms with Gasteiger partial charge >= 0.3 is 8.03 Å². The number of hydrogen-bond donors (Lipinski definition) is 2. The molecule has 1 aromatic carbocycles. The molecule has 15 heavy (non-hydrogen) atoms. The van der Waals surface area contributed by atoms with Crippen LogP contribution in [0.25, 0.3) is 10.9 Å². The lowest BCUT2D eigenvalue weighted by molar-refractivity contribution is -0.160. The summed E-state index contributed by atoms with van der Waals surface area (Å²) in [6.45, 7) is 0.511. The van der Waals surface area contributed by atoms with E-state index in [-0.39, 0.29) is 0 Å². The average Bonchev–Trinajstić information content (AvgIpc) is 2.62. The Morgan fingerprint density at radius 1 is 1.47 bits per heavy atom. The van der Waals surface area contributed by atoms with Crippen molar-refractivity contribution in [1.29, 1.82) is 0 Å². The highest BCUT2D eigenvalue weighted by Crippen LogP contribution is 2.22. The lowest BCUT2D eigenvalue weighted by Crippen LogP contribution is -2.08. The summed E-state index contributed by atoms with van der Waals surface area (Å²) in [5, 5.41) is 1.14. The number of H-pyrrole nitrogens is 1. The summed E-state index contributed by atoms with van der Waals surface area (Å²) in [5.74, 6) is 0. The standard InChI is InChI=1S/C10H11N2O2P/c11-5-4-7-6-12-8-2-1-3-9(10(7)8)15(13)14/h1-3,6,12H,4-5,11H2. The average molecular weight is 222 g/mol. The Kier molecular flexibility index (Phi) is 2.82. The lowest BCUT2D eigenvalue weighted by atomic mass is 10.1. The molecule has 4 nitrogen and oxygen atoms in total. The number of hydrogen-bond acceptors (Lipinski definition) is 3. The van der Waals surface area contributed by atoms with Crippen molar-refractivity contribution < 1.29 is 9.46 Å². The number of aromatic nitrogens is 1. The van der Waals surface area contributed by atoms with Gasteiger partial charge in [-0.05, 0) is 30.7 Å². The van der Waals surface area contributed by atoms with Crippen LogP contribution in [0.3, 0.4) is 0 Å². The highest BCUT2D eigenvalue weighted by Gasteiger charge is 2.16. The second-order valence-corrected chi connectivity index (χ2v) is 4.31. The molecule has 0 saturated heterocycles. The highest BCUT2D eigenvalue weighted by atomic mass is 31.1. The number of rotatable bonds is 3. The molecule has 0 aliphatic heterocycles. The molecule has 0 saturated carbocycles. The van der Waals surface area contributed by atoms with Crippen LogP contribution in [0, 0.1) is 0 Å². The van der Waals surface area contributed by atoms with Gasteiger partial charge in [0.1, 0.15) is 0 Å². The molecule has 0 fully saturated rings. The van der Waals surface area contributed by atoms with Gasteiger partial charge in [0.05, 0.1) is 10.9 Å². The third-order valence-electron chi connectivity index (χ3n) is 2.38. The zero-order chi connectivity index (χ0) is 10.8. The Labute approximate surface area is 88.0 Å². The monoisotopic (exact) mass is 222 g/mol. The van der Waals surface area contributed by atoms with Crippen LogP contribution >= 0.6 is 8.03 Å². The summed E-state index contributed by atoms with van der Waals surface area (Å²) >= 11 is 0. The van der Waals surface area contributed by atoms with Gasteiger partial charge in [0, 0.05) is 6.20 Å². The van der Waals surface area contributed by atoms with Gasteiger partial charge in [-0.2, -0.15) is 0 Å². The Balaban J connectivity index is 2.69. The fourth-order valence-corrected chi connectivity index (χ4v) is 2.39. The zero-order valence-electron chi connectivity index (χ0n) is 8.06. The summed E-state index contributed by atoms with van der Waals surface area (Å²) in [6.07, 6.45) is 2.50. The van der Waals surface area contributed by atoms with Gasteiger partial charge < -0.3 is 15.6 Å². The molecule has 5 heteroatoms. The molecule has 0 bridgehead atoms. The van der Waals surface area contributed by atoms with Gasteiger partial charge in [0.25, 0.3) is 0 Å². The minimum atomic E-state index is -2.56. The van der Waals surface area contributed by atoms with Gasteiger partial charge in [-0.25, -0.2) is 0 Å². The number of nitrogens with one attached hydrogen (secondary N) is 1. The smallest absolute Gasteiger partial charge is 0.349 e. The molecular weight excluding hydrogens is 211 g/mol. The normalized spacial score (nSPS) is 12.0. The Morgan fingerprint density at radius 2 is 2.27 bits per heavy atom. The van der Waals surface area contributed by atoms with Crippen LogP contribution in [0.1, 0.15) is 5.56 Å². The van der Waals surface area contributed by atoms with E-state index < -0.39 is 8.03 Å². The van der Waals surface area contributed by atoms with E-state index in [0.29, 0.717) is 18.3 Å². The summed E-state index contributed by atoms with van der Waals surface area (Å²) in [5.41, 5.74) is 7.28. The Morgan fingerprint density at radius 3 is 2.93 bits per heavy atom. The van der Waals surface area contributed by atoms with Crippen molar-refractivity contribution in [3.63, 3.8) is 0 Å². The van der Waals surface area contributed by atoms with Crippen LogP contribution in [-0.4, -0.2) is 11.5 Å². The van der Waals surface area contributed by atoms with Gasteiger partial charge in [0.2, 0.25) is 0 Å². The van der Waals surface area contributed by atoms with E-state index in [1.165, 1.54) is 0 Å². The van der Waals surface area contributed by atoms with Gasteiger partial charge in [-0.15, -0.1) is 0 Å². The van der Waals surface area contributed by atoms with Gasteiger partial charge in [-0.1, -0.05) is 10.6 Å². The van der Waals surface area contributed by atoms with Gasteiger partial charge in [0.15, 0.2) is 5.30 Å². The topological polar surface area (TPSA) is 81.9 Å². The first kappa shape index (κ1) is 10.3. The van der Waals surface area contributed by atoms with Crippen LogP contribution in [0.5, 0.6) is 0 Å². The fourth-order valence-electron chi connectivity index (χ4n) is 1.74. The molecule has 0 aliphatic carbocycles. The molecule has 78 valence electrons. The van der Waals surface area contributed by atoms with E-state index >= 15 is 0 Å². The Hall–Kier alpha value is -1.22. The van der Waals surface area contributed by atoms with E-state index in [4.69, 9.17) is 5.73 Å². The summed E-state index contributed by atoms with van der Waals surface area (Å²) in [4.78, 5) is 14.1. The molecule has 1 aromatic heterocycles. The highest BCUT2D eigenvalue weighted by molar-refractivity contribution is 7.46. The molecule has 1 atom stereocenters. The molecule has 0 radical (unpaired) electrons. The van der Waals surface area contributed by atoms with Crippen molar-refractivity contribution in [2.75, 3.05) is 6.54 Å². The maximum atomic E-state index is 11.1. The first-order chi connectivity index (χ1) is 7.24. The number of fused-ring (bicyclic) bond motifs is 1. The van der Waals surface area contributed by atoms with Crippen molar-refractivity contribution in [2.24, 2.45) is 5.73 Å². The quantitative estimate of drug-likeness (QED) is 0.737. The summed E-state index contributed by atoms with van der Waals surface area (Å²) in [7, 11) is -2.56. The second-order valence-electron chi connectivity index (χ2n) is 3.31. The first-order valence-corrected chi connectivity index (χ1v) is 5.85. The van der Waals surface area contributed by atoms with Crippen LogP contribution in [0.2, 0.25) is 0 Å². The second kappa shape index (κ2) is 4.11. The van der Waals surface area contributed by atoms with E-state index in [1.807, 2.05) is 12.3 Å². The maximum Gasteiger partial charge on any atom is 0.349 e. The van der Waals surface area contributed by atoms with Crippen LogP contribution < -0.4 is 15.9 Å². The van der Waals surface area contributed by atoms with Crippen molar-refractivity contribution in [3.05, 3.63) is 30.0 Å². The van der Waals surface area contributed by atoms with E-state index in [9.17, 15) is 9.46 Å². The minimum absolute atomic E-state index is 0.368. The first-order valence-electron chi connectivity index (χ1n) is 4.67.